The Bertz CT molecular complexity index is 416. The van der Waals surface area contributed by atoms with E-state index in [9.17, 15) is 4.39 Å². The molecule has 1 saturated heterocycles. The summed E-state index contributed by atoms with van der Waals surface area (Å²) in [5.41, 5.74) is 6.51. The van der Waals surface area contributed by atoms with Gasteiger partial charge in [0.2, 0.25) is 0 Å². The zero-order valence-electron chi connectivity index (χ0n) is 10.4. The minimum Gasteiger partial charge on any atom is -0.329 e. The maximum Gasteiger partial charge on any atom is 0.129 e. The van der Waals surface area contributed by atoms with Crippen LogP contribution in [0.2, 0.25) is 5.02 Å². The highest BCUT2D eigenvalue weighted by atomic mass is 35.5. The van der Waals surface area contributed by atoms with Crippen LogP contribution in [0.4, 0.5) is 4.39 Å². The summed E-state index contributed by atoms with van der Waals surface area (Å²) in [5, 5.41) is 0.425. The van der Waals surface area contributed by atoms with Crippen LogP contribution in [0.1, 0.15) is 18.5 Å². The Morgan fingerprint density at radius 3 is 3.00 bits per heavy atom. The predicted octanol–water partition coefficient (Wildman–Crippen LogP) is 2.92. The van der Waals surface area contributed by atoms with Crippen LogP contribution >= 0.6 is 23.4 Å². The van der Waals surface area contributed by atoms with Crippen LogP contribution in [0, 0.1) is 5.82 Å². The highest BCUT2D eigenvalue weighted by Gasteiger charge is 2.28. The first kappa shape index (κ1) is 14.1. The summed E-state index contributed by atoms with van der Waals surface area (Å²) in [4.78, 5) is 2.29. The summed E-state index contributed by atoms with van der Waals surface area (Å²) in [6.45, 7) is 3.55. The summed E-state index contributed by atoms with van der Waals surface area (Å²) >= 11 is 7.73. The third kappa shape index (κ3) is 2.99. The Morgan fingerprint density at radius 1 is 1.61 bits per heavy atom. The standard InChI is InChI=1S/C13H18ClFN2S/c1-9-8-18-5-4-17(9)13(7-16)11-3-2-10(14)6-12(11)15/h2-3,6,9,13H,4-5,7-8,16H2,1H3. The zero-order valence-corrected chi connectivity index (χ0v) is 12.0. The van der Waals surface area contributed by atoms with Crippen molar-refractivity contribution in [3.05, 3.63) is 34.6 Å². The summed E-state index contributed by atoms with van der Waals surface area (Å²) in [7, 11) is 0. The maximum absolute atomic E-state index is 14.0. The fourth-order valence-corrected chi connectivity index (χ4v) is 3.61. The second-order valence-electron chi connectivity index (χ2n) is 4.58. The Hall–Kier alpha value is -0.290. The third-order valence-electron chi connectivity index (χ3n) is 3.36. The molecule has 1 fully saturated rings. The van der Waals surface area contributed by atoms with Gasteiger partial charge in [-0.1, -0.05) is 17.7 Å². The Balaban J connectivity index is 2.26. The molecular weight excluding hydrogens is 271 g/mol. The Kier molecular flexibility index (Phi) is 4.90. The largest absolute Gasteiger partial charge is 0.329 e. The minimum atomic E-state index is -0.261. The van der Waals surface area contributed by atoms with Crippen LogP contribution in [-0.4, -0.2) is 35.5 Å². The lowest BCUT2D eigenvalue weighted by Crippen LogP contribution is -2.45. The number of hydrogen-bond acceptors (Lipinski definition) is 3. The molecule has 5 heteroatoms. The molecule has 1 aliphatic rings. The second-order valence-corrected chi connectivity index (χ2v) is 6.17. The highest BCUT2D eigenvalue weighted by molar-refractivity contribution is 7.99. The molecule has 1 aliphatic heterocycles. The predicted molar refractivity (Wildman–Crippen MR) is 76.7 cm³/mol. The molecule has 0 radical (unpaired) electrons. The number of thioether (sulfide) groups is 1. The van der Waals surface area contributed by atoms with Gasteiger partial charge in [-0.25, -0.2) is 4.39 Å². The van der Waals surface area contributed by atoms with E-state index in [1.165, 1.54) is 6.07 Å². The van der Waals surface area contributed by atoms with Crippen molar-refractivity contribution in [2.75, 3.05) is 24.6 Å². The van der Waals surface area contributed by atoms with Gasteiger partial charge in [0.1, 0.15) is 5.82 Å². The molecule has 0 aromatic heterocycles. The fourth-order valence-electron chi connectivity index (χ4n) is 2.42. The molecule has 2 unspecified atom stereocenters. The molecular formula is C13H18ClFN2S. The van der Waals surface area contributed by atoms with Gasteiger partial charge in [0, 0.05) is 41.2 Å². The van der Waals surface area contributed by atoms with E-state index in [0.29, 0.717) is 23.2 Å². The molecule has 100 valence electrons. The van der Waals surface area contributed by atoms with E-state index in [0.717, 1.165) is 18.1 Å². The van der Waals surface area contributed by atoms with E-state index in [2.05, 4.69) is 11.8 Å². The second kappa shape index (κ2) is 6.24. The van der Waals surface area contributed by atoms with E-state index < -0.39 is 0 Å². The van der Waals surface area contributed by atoms with Crippen LogP contribution in [0.5, 0.6) is 0 Å². The normalized spacial score (nSPS) is 23.0. The van der Waals surface area contributed by atoms with Crippen molar-refractivity contribution >= 4 is 23.4 Å². The summed E-state index contributed by atoms with van der Waals surface area (Å²) in [6.07, 6.45) is 0. The van der Waals surface area contributed by atoms with Crippen molar-refractivity contribution in [3.63, 3.8) is 0 Å². The van der Waals surface area contributed by atoms with Crippen LogP contribution in [0.3, 0.4) is 0 Å². The lowest BCUT2D eigenvalue weighted by Gasteiger charge is -2.39. The van der Waals surface area contributed by atoms with Gasteiger partial charge < -0.3 is 5.73 Å². The molecule has 1 aromatic carbocycles. The fraction of sp³-hybridized carbons (Fsp3) is 0.538. The summed E-state index contributed by atoms with van der Waals surface area (Å²) in [5.74, 6) is 1.89. The average molecular weight is 289 g/mol. The van der Waals surface area contributed by atoms with E-state index in [1.54, 1.807) is 12.1 Å². The van der Waals surface area contributed by atoms with Gasteiger partial charge in [-0.3, -0.25) is 4.90 Å². The minimum absolute atomic E-state index is 0.0573. The molecule has 2 N–H and O–H groups in total. The molecule has 0 saturated carbocycles. The number of benzene rings is 1. The van der Waals surface area contributed by atoms with Gasteiger partial charge in [0.25, 0.3) is 0 Å². The average Bonchev–Trinajstić information content (AvgIpc) is 2.34. The quantitative estimate of drug-likeness (QED) is 0.927. The van der Waals surface area contributed by atoms with Crippen molar-refractivity contribution in [2.24, 2.45) is 5.73 Å². The van der Waals surface area contributed by atoms with Crippen LogP contribution in [0.15, 0.2) is 18.2 Å². The SMILES string of the molecule is CC1CSCCN1C(CN)c1ccc(Cl)cc1F. The third-order valence-corrected chi connectivity index (χ3v) is 4.79. The first-order valence-corrected chi connectivity index (χ1v) is 7.65. The monoisotopic (exact) mass is 288 g/mol. The molecule has 1 aromatic rings. The van der Waals surface area contributed by atoms with E-state index in [-0.39, 0.29) is 11.9 Å². The molecule has 0 bridgehead atoms. The van der Waals surface area contributed by atoms with Gasteiger partial charge in [-0.05, 0) is 19.1 Å². The molecule has 2 rings (SSSR count). The van der Waals surface area contributed by atoms with Gasteiger partial charge in [0.15, 0.2) is 0 Å². The first-order chi connectivity index (χ1) is 8.63. The van der Waals surface area contributed by atoms with Gasteiger partial charge in [-0.15, -0.1) is 0 Å². The number of halogens is 2. The molecule has 2 nitrogen and oxygen atoms in total. The number of nitrogens with zero attached hydrogens (tertiary/aromatic N) is 1. The van der Waals surface area contributed by atoms with Crippen LogP contribution in [-0.2, 0) is 0 Å². The number of nitrogens with two attached hydrogens (primary N) is 1. The Labute approximate surface area is 117 Å². The topological polar surface area (TPSA) is 29.3 Å². The smallest absolute Gasteiger partial charge is 0.129 e. The maximum atomic E-state index is 14.0. The van der Waals surface area contributed by atoms with Gasteiger partial charge in [-0.2, -0.15) is 11.8 Å². The molecule has 0 amide bonds. The van der Waals surface area contributed by atoms with E-state index >= 15 is 0 Å². The van der Waals surface area contributed by atoms with E-state index in [1.807, 2.05) is 11.8 Å². The first-order valence-electron chi connectivity index (χ1n) is 6.12. The van der Waals surface area contributed by atoms with Gasteiger partial charge >= 0.3 is 0 Å². The van der Waals surface area contributed by atoms with Crippen molar-refractivity contribution < 1.29 is 4.39 Å². The van der Waals surface area contributed by atoms with Gasteiger partial charge in [0.05, 0.1) is 6.04 Å². The molecule has 2 atom stereocenters. The Morgan fingerprint density at radius 2 is 2.39 bits per heavy atom. The lowest BCUT2D eigenvalue weighted by atomic mass is 10.0. The van der Waals surface area contributed by atoms with Crippen LogP contribution in [0.25, 0.3) is 0 Å². The van der Waals surface area contributed by atoms with Crippen molar-refractivity contribution in [1.82, 2.24) is 4.90 Å². The molecule has 1 heterocycles. The molecule has 18 heavy (non-hydrogen) atoms. The van der Waals surface area contributed by atoms with Crippen molar-refractivity contribution in [1.29, 1.82) is 0 Å². The molecule has 0 spiro atoms. The number of hydrogen-bond donors (Lipinski definition) is 1. The summed E-state index contributed by atoms with van der Waals surface area (Å²) < 4.78 is 14.0. The summed E-state index contributed by atoms with van der Waals surface area (Å²) in [6, 6.07) is 5.21. The van der Waals surface area contributed by atoms with E-state index in [4.69, 9.17) is 17.3 Å². The zero-order chi connectivity index (χ0) is 13.1. The van der Waals surface area contributed by atoms with Crippen LogP contribution < -0.4 is 5.73 Å². The van der Waals surface area contributed by atoms with Crippen molar-refractivity contribution in [3.8, 4) is 0 Å². The number of rotatable bonds is 3. The molecule has 0 aliphatic carbocycles. The van der Waals surface area contributed by atoms with Crippen molar-refractivity contribution in [2.45, 2.75) is 19.0 Å². The highest BCUT2D eigenvalue weighted by Crippen LogP contribution is 2.29. The lowest BCUT2D eigenvalue weighted by molar-refractivity contribution is 0.163.